The number of nitrogens with one attached hydrogen (secondary N) is 2. The molecule has 0 saturated heterocycles. The minimum atomic E-state index is 0.0201. The lowest BCUT2D eigenvalue weighted by Gasteiger charge is -2.26. The lowest BCUT2D eigenvalue weighted by Crippen LogP contribution is -2.40. The van der Waals surface area contributed by atoms with Crippen LogP contribution in [0, 0.1) is 0 Å². The summed E-state index contributed by atoms with van der Waals surface area (Å²) in [6, 6.07) is 15.9. The number of hydrogen-bond donors (Lipinski definition) is 2. The summed E-state index contributed by atoms with van der Waals surface area (Å²) in [6.45, 7) is 0. The number of rotatable bonds is 4. The van der Waals surface area contributed by atoms with E-state index in [4.69, 9.17) is 21.7 Å². The Morgan fingerprint density at radius 1 is 0.870 bits per heavy atom. The fourth-order valence-electron chi connectivity index (χ4n) is 2.48. The van der Waals surface area contributed by atoms with Crippen molar-refractivity contribution in [2.75, 3.05) is 14.2 Å². The quantitative estimate of drug-likeness (QED) is 0.844. The zero-order valence-electron chi connectivity index (χ0n) is 13.0. The lowest BCUT2D eigenvalue weighted by molar-refractivity contribution is 0.414. The van der Waals surface area contributed by atoms with Crippen LogP contribution >= 0.6 is 12.2 Å². The average Bonchev–Trinajstić information content (AvgIpc) is 2.61. The molecule has 1 unspecified atom stereocenters. The second-order valence-electron chi connectivity index (χ2n) is 5.16. The molecule has 1 aliphatic rings. The standard InChI is InChI=1S/C18H18N2O2S/c1-21-14-7-3-12(4-8-14)16-11-17(20-18(23)19-16)13-5-9-15(22-2)10-6-13/h3-11,16H,1-2H3,(H2,19,20,23). The van der Waals surface area contributed by atoms with Gasteiger partial charge >= 0.3 is 0 Å². The summed E-state index contributed by atoms with van der Waals surface area (Å²) < 4.78 is 10.4. The van der Waals surface area contributed by atoms with E-state index in [0.29, 0.717) is 5.11 Å². The predicted molar refractivity (Wildman–Crippen MR) is 95.6 cm³/mol. The predicted octanol–water partition coefficient (Wildman–Crippen LogP) is 3.26. The zero-order valence-corrected chi connectivity index (χ0v) is 13.8. The number of methoxy groups -OCH3 is 2. The summed E-state index contributed by atoms with van der Waals surface area (Å²) in [6.07, 6.45) is 2.12. The maximum atomic E-state index is 5.34. The normalized spacial score (nSPS) is 16.9. The number of ether oxygens (including phenoxy) is 2. The fourth-order valence-corrected chi connectivity index (χ4v) is 2.72. The third kappa shape index (κ3) is 3.46. The molecule has 0 radical (unpaired) electrons. The Labute approximate surface area is 141 Å². The Bertz CT molecular complexity index is 724. The van der Waals surface area contributed by atoms with Gasteiger partial charge in [0.05, 0.1) is 20.3 Å². The topological polar surface area (TPSA) is 42.5 Å². The van der Waals surface area contributed by atoms with Gasteiger partial charge < -0.3 is 20.1 Å². The highest BCUT2D eigenvalue weighted by atomic mass is 32.1. The molecule has 5 heteroatoms. The molecule has 3 rings (SSSR count). The maximum absolute atomic E-state index is 5.34. The van der Waals surface area contributed by atoms with Crippen molar-refractivity contribution >= 4 is 23.0 Å². The van der Waals surface area contributed by atoms with Crippen LogP contribution in [0.4, 0.5) is 0 Å². The molecule has 1 heterocycles. The van der Waals surface area contributed by atoms with Gasteiger partial charge in [-0.05, 0) is 65.8 Å². The van der Waals surface area contributed by atoms with Crippen LogP contribution in [0.15, 0.2) is 54.6 Å². The first-order valence-corrected chi connectivity index (χ1v) is 7.68. The van der Waals surface area contributed by atoms with Crippen LogP contribution in [-0.2, 0) is 0 Å². The van der Waals surface area contributed by atoms with Gasteiger partial charge in [0.25, 0.3) is 0 Å². The fraction of sp³-hybridized carbons (Fsp3) is 0.167. The van der Waals surface area contributed by atoms with Gasteiger partial charge in [-0.15, -0.1) is 0 Å². The maximum Gasteiger partial charge on any atom is 0.171 e. The van der Waals surface area contributed by atoms with E-state index in [1.807, 2.05) is 48.5 Å². The summed E-state index contributed by atoms with van der Waals surface area (Å²) in [5, 5.41) is 7.09. The Kier molecular flexibility index (Phi) is 4.48. The van der Waals surface area contributed by atoms with E-state index in [1.54, 1.807) is 14.2 Å². The molecule has 2 N–H and O–H groups in total. The third-order valence-corrected chi connectivity index (χ3v) is 3.96. The molecular formula is C18H18N2O2S. The van der Waals surface area contributed by atoms with Gasteiger partial charge in [0.2, 0.25) is 0 Å². The highest BCUT2D eigenvalue weighted by molar-refractivity contribution is 7.80. The van der Waals surface area contributed by atoms with Crippen LogP contribution in [0.2, 0.25) is 0 Å². The summed E-state index contributed by atoms with van der Waals surface area (Å²) in [4.78, 5) is 0. The number of hydrogen-bond acceptors (Lipinski definition) is 3. The molecule has 0 spiro atoms. The monoisotopic (exact) mass is 326 g/mol. The van der Waals surface area contributed by atoms with Gasteiger partial charge in [-0.1, -0.05) is 12.1 Å². The Hall–Kier alpha value is -2.53. The third-order valence-electron chi connectivity index (χ3n) is 3.74. The van der Waals surface area contributed by atoms with Crippen molar-refractivity contribution in [3.63, 3.8) is 0 Å². The second-order valence-corrected chi connectivity index (χ2v) is 5.57. The van der Waals surface area contributed by atoms with Crippen molar-refractivity contribution in [2.24, 2.45) is 0 Å². The Morgan fingerprint density at radius 3 is 2.00 bits per heavy atom. The molecule has 2 aromatic carbocycles. The van der Waals surface area contributed by atoms with Crippen LogP contribution in [0.25, 0.3) is 5.70 Å². The molecule has 0 aliphatic carbocycles. The highest BCUT2D eigenvalue weighted by Crippen LogP contribution is 2.25. The smallest absolute Gasteiger partial charge is 0.171 e. The zero-order chi connectivity index (χ0) is 16.2. The average molecular weight is 326 g/mol. The van der Waals surface area contributed by atoms with Gasteiger partial charge in [0.15, 0.2) is 5.11 Å². The number of benzene rings is 2. The van der Waals surface area contributed by atoms with E-state index >= 15 is 0 Å². The Balaban J connectivity index is 1.89. The van der Waals surface area contributed by atoms with E-state index in [1.165, 1.54) is 0 Å². The molecule has 23 heavy (non-hydrogen) atoms. The van der Waals surface area contributed by atoms with E-state index in [-0.39, 0.29) is 6.04 Å². The van der Waals surface area contributed by atoms with Gasteiger partial charge in [-0.2, -0.15) is 0 Å². The van der Waals surface area contributed by atoms with Crippen molar-refractivity contribution in [1.82, 2.24) is 10.6 Å². The van der Waals surface area contributed by atoms with E-state index in [2.05, 4.69) is 16.7 Å². The van der Waals surface area contributed by atoms with Crippen molar-refractivity contribution in [2.45, 2.75) is 6.04 Å². The molecule has 4 nitrogen and oxygen atoms in total. The van der Waals surface area contributed by atoms with E-state index in [9.17, 15) is 0 Å². The molecule has 0 bridgehead atoms. The summed E-state index contributed by atoms with van der Waals surface area (Å²) in [5.41, 5.74) is 3.17. The van der Waals surface area contributed by atoms with Crippen LogP contribution < -0.4 is 20.1 Å². The van der Waals surface area contributed by atoms with Crippen molar-refractivity contribution < 1.29 is 9.47 Å². The molecule has 1 aliphatic heterocycles. The van der Waals surface area contributed by atoms with Crippen molar-refractivity contribution in [3.8, 4) is 11.5 Å². The first-order chi connectivity index (χ1) is 11.2. The van der Waals surface area contributed by atoms with Crippen molar-refractivity contribution in [1.29, 1.82) is 0 Å². The van der Waals surface area contributed by atoms with E-state index < -0.39 is 0 Å². The molecule has 0 amide bonds. The molecular weight excluding hydrogens is 308 g/mol. The minimum Gasteiger partial charge on any atom is -0.497 e. The van der Waals surface area contributed by atoms with Gasteiger partial charge in [-0.25, -0.2) is 0 Å². The molecule has 2 aromatic rings. The van der Waals surface area contributed by atoms with Crippen LogP contribution in [0.5, 0.6) is 11.5 Å². The second kappa shape index (κ2) is 6.71. The largest absolute Gasteiger partial charge is 0.497 e. The SMILES string of the molecule is COc1ccc(C2=CC(c3ccc(OC)cc3)NC(=S)N2)cc1. The first-order valence-electron chi connectivity index (χ1n) is 7.27. The Morgan fingerprint density at radius 2 is 1.43 bits per heavy atom. The molecule has 0 saturated carbocycles. The summed E-state index contributed by atoms with van der Waals surface area (Å²) in [7, 11) is 3.32. The van der Waals surface area contributed by atoms with Crippen LogP contribution in [-0.4, -0.2) is 19.3 Å². The van der Waals surface area contributed by atoms with Crippen LogP contribution in [0.3, 0.4) is 0 Å². The van der Waals surface area contributed by atoms with Gasteiger partial charge in [0, 0.05) is 5.70 Å². The molecule has 0 fully saturated rings. The molecule has 118 valence electrons. The van der Waals surface area contributed by atoms with E-state index in [0.717, 1.165) is 28.3 Å². The number of thiocarbonyl (C=S) groups is 1. The van der Waals surface area contributed by atoms with Crippen LogP contribution in [0.1, 0.15) is 17.2 Å². The van der Waals surface area contributed by atoms with Crippen molar-refractivity contribution in [3.05, 3.63) is 65.7 Å². The first kappa shape index (κ1) is 15.4. The minimum absolute atomic E-state index is 0.0201. The summed E-state index contributed by atoms with van der Waals surface area (Å²) in [5.74, 6) is 1.67. The van der Waals surface area contributed by atoms with Gasteiger partial charge in [0.1, 0.15) is 11.5 Å². The highest BCUT2D eigenvalue weighted by Gasteiger charge is 2.18. The molecule has 1 atom stereocenters. The lowest BCUT2D eigenvalue weighted by atomic mass is 10.0. The summed E-state index contributed by atoms with van der Waals surface area (Å²) >= 11 is 5.34. The molecule has 0 aromatic heterocycles. The van der Waals surface area contributed by atoms with Gasteiger partial charge in [-0.3, -0.25) is 0 Å².